The van der Waals surface area contributed by atoms with Crippen LogP contribution in [0.1, 0.15) is 64.4 Å². The van der Waals surface area contributed by atoms with Crippen molar-refractivity contribution in [1.82, 2.24) is 0 Å². The number of carbonyl (C=O) groups is 3. The lowest BCUT2D eigenvalue weighted by Crippen LogP contribution is -2.27. The Hall–Kier alpha value is -2.95. The Kier molecular flexibility index (Phi) is 7.50. The van der Waals surface area contributed by atoms with Gasteiger partial charge in [-0.1, -0.05) is 44.0 Å². The van der Waals surface area contributed by atoms with E-state index in [2.05, 4.69) is 6.92 Å². The van der Waals surface area contributed by atoms with Gasteiger partial charge in [0.1, 0.15) is 6.29 Å². The fourth-order valence-corrected chi connectivity index (χ4v) is 3.61. The van der Waals surface area contributed by atoms with Crippen molar-refractivity contribution in [1.29, 1.82) is 0 Å². The Labute approximate surface area is 165 Å². The second-order valence-electron chi connectivity index (χ2n) is 7.33. The van der Waals surface area contributed by atoms with Gasteiger partial charge in [0.25, 0.3) is 0 Å². The molecule has 0 fully saturated rings. The van der Waals surface area contributed by atoms with Gasteiger partial charge in [-0.3, -0.25) is 0 Å². The zero-order valence-electron chi connectivity index (χ0n) is 16.1. The van der Waals surface area contributed by atoms with Gasteiger partial charge in [0.2, 0.25) is 0 Å². The smallest absolute Gasteiger partial charge is 0.335 e. The average molecular weight is 382 g/mol. The van der Waals surface area contributed by atoms with E-state index in [0.717, 1.165) is 36.7 Å². The highest BCUT2D eigenvalue weighted by molar-refractivity contribution is 5.88. The highest BCUT2D eigenvalue weighted by atomic mass is 16.4. The number of aromatic carboxylic acids is 2. The lowest BCUT2D eigenvalue weighted by atomic mass is 9.71. The van der Waals surface area contributed by atoms with E-state index in [0.29, 0.717) is 19.3 Å². The van der Waals surface area contributed by atoms with E-state index in [9.17, 15) is 14.4 Å². The zero-order valence-corrected chi connectivity index (χ0v) is 16.1. The molecule has 0 aliphatic rings. The van der Waals surface area contributed by atoms with Gasteiger partial charge < -0.3 is 15.0 Å². The second kappa shape index (κ2) is 9.83. The summed E-state index contributed by atoms with van der Waals surface area (Å²) in [6.45, 7) is 2.11. The Morgan fingerprint density at radius 2 is 1.29 bits per heavy atom. The Morgan fingerprint density at radius 1 is 0.857 bits per heavy atom. The lowest BCUT2D eigenvalue weighted by molar-refractivity contribution is -0.110. The predicted octanol–water partition coefficient (Wildman–Crippen LogP) is 4.63. The first-order valence-corrected chi connectivity index (χ1v) is 9.47. The molecular weight excluding hydrogens is 356 g/mol. The van der Waals surface area contributed by atoms with E-state index in [-0.39, 0.29) is 16.5 Å². The molecule has 5 nitrogen and oxygen atoms in total. The summed E-state index contributed by atoms with van der Waals surface area (Å²) in [4.78, 5) is 33.6. The number of hydrogen-bond acceptors (Lipinski definition) is 3. The van der Waals surface area contributed by atoms with Gasteiger partial charge in [0.15, 0.2) is 0 Å². The number of carboxylic acid groups (broad SMARTS) is 2. The molecule has 0 atom stereocenters. The maximum atomic E-state index is 11.5. The van der Waals surface area contributed by atoms with E-state index in [1.54, 1.807) is 24.3 Å². The second-order valence-corrected chi connectivity index (χ2v) is 7.33. The van der Waals surface area contributed by atoms with Crippen LogP contribution in [0, 0.1) is 5.41 Å². The van der Waals surface area contributed by atoms with Crippen molar-refractivity contribution < 1.29 is 24.6 Å². The fraction of sp³-hybridized carbons (Fsp3) is 0.348. The highest BCUT2D eigenvalue weighted by Crippen LogP contribution is 2.36. The van der Waals surface area contributed by atoms with Crippen LogP contribution in [0.2, 0.25) is 0 Å². The van der Waals surface area contributed by atoms with E-state index >= 15 is 0 Å². The number of unbranched alkanes of at least 4 members (excludes halogenated alkanes) is 1. The molecule has 0 spiro atoms. The molecule has 0 amide bonds. The minimum absolute atomic E-state index is 0.238. The third kappa shape index (κ3) is 5.78. The van der Waals surface area contributed by atoms with Crippen molar-refractivity contribution in [2.75, 3.05) is 0 Å². The van der Waals surface area contributed by atoms with Crippen molar-refractivity contribution >= 4 is 18.2 Å². The summed E-state index contributed by atoms with van der Waals surface area (Å²) in [5.74, 6) is -1.93. The van der Waals surface area contributed by atoms with Gasteiger partial charge in [0.05, 0.1) is 11.1 Å². The van der Waals surface area contributed by atoms with Gasteiger partial charge in [-0.2, -0.15) is 0 Å². The van der Waals surface area contributed by atoms with Crippen LogP contribution >= 0.6 is 0 Å². The number of aldehydes is 1. The monoisotopic (exact) mass is 382 g/mol. The van der Waals surface area contributed by atoms with Gasteiger partial charge in [0, 0.05) is 6.42 Å². The minimum Gasteiger partial charge on any atom is -0.478 e. The highest BCUT2D eigenvalue weighted by Gasteiger charge is 2.30. The molecule has 0 saturated heterocycles. The zero-order chi connectivity index (χ0) is 20.6. The van der Waals surface area contributed by atoms with Gasteiger partial charge >= 0.3 is 11.9 Å². The molecule has 0 aliphatic carbocycles. The van der Waals surface area contributed by atoms with Crippen molar-refractivity contribution in [2.24, 2.45) is 5.41 Å². The number of carboxylic acids is 2. The molecule has 0 unspecified atom stereocenters. The minimum atomic E-state index is -0.963. The lowest BCUT2D eigenvalue weighted by Gasteiger charge is -2.33. The largest absolute Gasteiger partial charge is 0.478 e. The molecule has 2 rings (SSSR count). The SMILES string of the molecule is CCCCC(CC=O)(Cc1ccc(C(=O)O)cc1)Cc1ccc(C(=O)O)cc1. The Morgan fingerprint density at radius 3 is 1.61 bits per heavy atom. The Bertz CT molecular complexity index is 746. The first kappa shape index (κ1) is 21.4. The molecule has 0 aromatic heterocycles. The summed E-state index contributed by atoms with van der Waals surface area (Å²) in [5, 5.41) is 18.2. The van der Waals surface area contributed by atoms with Crippen LogP contribution in [0.4, 0.5) is 0 Å². The van der Waals surface area contributed by atoms with Crippen molar-refractivity contribution in [3.05, 3.63) is 70.8 Å². The summed E-state index contributed by atoms with van der Waals surface area (Å²) in [6.07, 6.45) is 5.52. The molecule has 2 aromatic rings. The molecule has 2 aromatic carbocycles. The topological polar surface area (TPSA) is 91.7 Å². The molecular formula is C23H26O5. The van der Waals surface area contributed by atoms with Crippen LogP contribution in [0.3, 0.4) is 0 Å². The van der Waals surface area contributed by atoms with Crippen LogP contribution in [0.25, 0.3) is 0 Å². The van der Waals surface area contributed by atoms with Crippen molar-refractivity contribution in [2.45, 2.75) is 45.4 Å². The molecule has 0 heterocycles. The molecule has 0 bridgehead atoms. The standard InChI is InChI=1S/C23H26O5/c1-2-3-12-23(13-14-24,15-17-4-8-19(9-5-17)21(25)26)16-18-6-10-20(11-7-18)22(27)28/h4-11,14H,2-3,12-13,15-16H2,1H3,(H,25,26)(H,27,28). The average Bonchev–Trinajstić information content (AvgIpc) is 2.67. The summed E-state index contributed by atoms with van der Waals surface area (Å²) in [7, 11) is 0. The summed E-state index contributed by atoms with van der Waals surface area (Å²) in [5.41, 5.74) is 2.17. The first-order valence-electron chi connectivity index (χ1n) is 9.47. The third-order valence-electron chi connectivity index (χ3n) is 5.14. The molecule has 148 valence electrons. The van der Waals surface area contributed by atoms with Crippen LogP contribution in [0.15, 0.2) is 48.5 Å². The molecule has 0 radical (unpaired) electrons. The van der Waals surface area contributed by atoms with Gasteiger partial charge in [-0.25, -0.2) is 9.59 Å². The third-order valence-corrected chi connectivity index (χ3v) is 5.14. The molecule has 2 N–H and O–H groups in total. The van der Waals surface area contributed by atoms with E-state index < -0.39 is 11.9 Å². The van der Waals surface area contributed by atoms with Crippen LogP contribution in [0.5, 0.6) is 0 Å². The van der Waals surface area contributed by atoms with Crippen LogP contribution in [-0.4, -0.2) is 28.4 Å². The molecule has 5 heteroatoms. The van der Waals surface area contributed by atoms with E-state index in [4.69, 9.17) is 10.2 Å². The van der Waals surface area contributed by atoms with E-state index in [1.807, 2.05) is 24.3 Å². The van der Waals surface area contributed by atoms with E-state index in [1.165, 1.54) is 0 Å². The first-order chi connectivity index (χ1) is 13.4. The molecule has 28 heavy (non-hydrogen) atoms. The number of carbonyl (C=O) groups excluding carboxylic acids is 1. The van der Waals surface area contributed by atoms with Crippen LogP contribution < -0.4 is 0 Å². The van der Waals surface area contributed by atoms with Crippen LogP contribution in [-0.2, 0) is 17.6 Å². The predicted molar refractivity (Wildman–Crippen MR) is 107 cm³/mol. The number of rotatable bonds is 11. The van der Waals surface area contributed by atoms with Gasteiger partial charge in [-0.05, 0) is 60.1 Å². The number of benzene rings is 2. The fourth-order valence-electron chi connectivity index (χ4n) is 3.61. The Balaban J connectivity index is 2.30. The number of hydrogen-bond donors (Lipinski definition) is 2. The maximum absolute atomic E-state index is 11.5. The molecule has 0 aliphatic heterocycles. The quantitative estimate of drug-likeness (QED) is 0.553. The van der Waals surface area contributed by atoms with Crippen molar-refractivity contribution in [3.63, 3.8) is 0 Å². The summed E-state index contributed by atoms with van der Waals surface area (Å²) < 4.78 is 0. The normalized spacial score (nSPS) is 11.2. The van der Waals surface area contributed by atoms with Crippen molar-refractivity contribution in [3.8, 4) is 0 Å². The summed E-state index contributed by atoms with van der Waals surface area (Å²) in [6, 6.07) is 13.6. The van der Waals surface area contributed by atoms with Gasteiger partial charge in [-0.15, -0.1) is 0 Å². The molecule has 0 saturated carbocycles. The maximum Gasteiger partial charge on any atom is 0.335 e. The summed E-state index contributed by atoms with van der Waals surface area (Å²) >= 11 is 0.